The summed E-state index contributed by atoms with van der Waals surface area (Å²) >= 11 is 0. The summed E-state index contributed by atoms with van der Waals surface area (Å²) in [4.78, 5) is 13.4. The lowest BCUT2D eigenvalue weighted by Gasteiger charge is -2.19. The van der Waals surface area contributed by atoms with Gasteiger partial charge in [-0.05, 0) is 63.4 Å². The minimum atomic E-state index is 0.358. The van der Waals surface area contributed by atoms with E-state index >= 15 is 0 Å². The summed E-state index contributed by atoms with van der Waals surface area (Å²) in [5.41, 5.74) is 4.06. The largest absolute Gasteiger partial charge is 0.298 e. The molecule has 0 saturated heterocycles. The van der Waals surface area contributed by atoms with Crippen LogP contribution in [0.2, 0.25) is 0 Å². The Morgan fingerprint density at radius 1 is 1.04 bits per heavy atom. The monoisotopic (exact) mass is 347 g/mol. The number of hydrogen-bond donors (Lipinski definition) is 0. The molecule has 0 aromatic heterocycles. The van der Waals surface area contributed by atoms with Gasteiger partial charge in [-0.1, -0.05) is 65.0 Å². The van der Waals surface area contributed by atoms with Crippen molar-refractivity contribution in [3.63, 3.8) is 0 Å². The molecule has 1 aromatic rings. The lowest BCUT2D eigenvalue weighted by molar-refractivity contribution is -0.119. The number of allylic oxidation sites excluding steroid dienone is 2. The van der Waals surface area contributed by atoms with Crippen molar-refractivity contribution in [3.05, 3.63) is 41.5 Å². The van der Waals surface area contributed by atoms with Gasteiger partial charge in [-0.3, -0.25) is 9.69 Å². The molecule has 0 aliphatic rings. The molecule has 2 nitrogen and oxygen atoms in total. The highest BCUT2D eigenvalue weighted by Gasteiger charge is 2.06. The number of rotatable bonds is 8. The molecule has 0 atom stereocenters. The summed E-state index contributed by atoms with van der Waals surface area (Å²) in [6, 6.07) is 8.45. The van der Waals surface area contributed by atoms with Crippen molar-refractivity contribution in [1.29, 1.82) is 0 Å². The van der Waals surface area contributed by atoms with E-state index in [0.29, 0.717) is 18.7 Å². The maximum absolute atomic E-state index is 11.1. The summed E-state index contributed by atoms with van der Waals surface area (Å²) < 4.78 is 0. The lowest BCUT2D eigenvalue weighted by Crippen LogP contribution is -2.31. The van der Waals surface area contributed by atoms with E-state index in [1.807, 2.05) is 20.8 Å². The Labute approximate surface area is 157 Å². The van der Waals surface area contributed by atoms with Crippen LogP contribution in [0.25, 0.3) is 5.57 Å². The molecule has 144 valence electrons. The second-order valence-corrected chi connectivity index (χ2v) is 5.95. The number of hydrogen-bond acceptors (Lipinski definition) is 2. The Kier molecular flexibility index (Phi) is 18.0. The van der Waals surface area contributed by atoms with Crippen molar-refractivity contribution in [2.45, 2.75) is 74.7 Å². The van der Waals surface area contributed by atoms with Crippen molar-refractivity contribution in [3.8, 4) is 0 Å². The number of carbonyl (C=O) groups excluding carboxylic acids is 1. The fraction of sp³-hybridized carbons (Fsp3) is 0.609. The van der Waals surface area contributed by atoms with Crippen LogP contribution in [0.4, 0.5) is 0 Å². The van der Waals surface area contributed by atoms with E-state index in [4.69, 9.17) is 0 Å². The van der Waals surface area contributed by atoms with Gasteiger partial charge < -0.3 is 0 Å². The number of benzene rings is 1. The Balaban J connectivity index is 0. The summed E-state index contributed by atoms with van der Waals surface area (Å²) in [7, 11) is 0. The third-order valence-electron chi connectivity index (χ3n) is 3.88. The Morgan fingerprint density at radius 2 is 1.56 bits per heavy atom. The molecular formula is C23H41NO. The van der Waals surface area contributed by atoms with Gasteiger partial charge in [-0.25, -0.2) is 0 Å². The average molecular weight is 348 g/mol. The molecule has 0 amide bonds. The zero-order chi connectivity index (χ0) is 19.7. The number of aryl methyl sites for hydroxylation is 1. The highest BCUT2D eigenvalue weighted by Crippen LogP contribution is 2.16. The maximum atomic E-state index is 11.1. The molecule has 0 N–H and O–H groups in total. The average Bonchev–Trinajstić information content (AvgIpc) is 2.64. The standard InChI is InChI=1S/C11H14.C10H21NO.C2H6/c1-4-9(2)11-8-6-5-7-10(11)3;1-4-7-11(8-5-2)9-10(12)6-3;1-2/h4-8H,1-3H3;4-9H2,1-3H3;1-2H3/b9-4-;;. The van der Waals surface area contributed by atoms with Gasteiger partial charge >= 0.3 is 0 Å². The second-order valence-electron chi connectivity index (χ2n) is 5.95. The molecule has 0 radical (unpaired) electrons. The van der Waals surface area contributed by atoms with Crippen LogP contribution in [-0.4, -0.2) is 30.3 Å². The van der Waals surface area contributed by atoms with Gasteiger partial charge in [0.15, 0.2) is 0 Å². The van der Waals surface area contributed by atoms with Crippen LogP contribution in [-0.2, 0) is 4.79 Å². The van der Waals surface area contributed by atoms with Crippen molar-refractivity contribution in [2.75, 3.05) is 19.6 Å². The highest BCUT2D eigenvalue weighted by molar-refractivity contribution is 5.80. The molecule has 0 aliphatic heterocycles. The van der Waals surface area contributed by atoms with Crippen molar-refractivity contribution in [1.82, 2.24) is 4.90 Å². The normalized spacial score (nSPS) is 10.5. The van der Waals surface area contributed by atoms with Crippen molar-refractivity contribution < 1.29 is 4.79 Å². The van der Waals surface area contributed by atoms with E-state index in [1.165, 1.54) is 16.7 Å². The third-order valence-corrected chi connectivity index (χ3v) is 3.88. The van der Waals surface area contributed by atoms with E-state index in [9.17, 15) is 4.79 Å². The molecule has 0 unspecified atom stereocenters. The third kappa shape index (κ3) is 12.6. The molecule has 1 aromatic carbocycles. The van der Waals surface area contributed by atoms with Gasteiger partial charge in [-0.15, -0.1) is 0 Å². The van der Waals surface area contributed by atoms with Gasteiger partial charge in [0.25, 0.3) is 0 Å². The summed E-state index contributed by atoms with van der Waals surface area (Å²) in [5.74, 6) is 0.358. The summed E-state index contributed by atoms with van der Waals surface area (Å²) in [6.45, 7) is 19.3. The minimum Gasteiger partial charge on any atom is -0.298 e. The predicted molar refractivity (Wildman–Crippen MR) is 114 cm³/mol. The zero-order valence-corrected chi connectivity index (χ0v) is 18.0. The zero-order valence-electron chi connectivity index (χ0n) is 18.0. The Bertz CT molecular complexity index is 471. The quantitative estimate of drug-likeness (QED) is 0.532. The van der Waals surface area contributed by atoms with E-state index in [2.05, 4.69) is 69.9 Å². The first kappa shape index (κ1) is 25.8. The molecule has 0 heterocycles. The van der Waals surface area contributed by atoms with Crippen LogP contribution in [0.3, 0.4) is 0 Å². The number of ketones is 1. The van der Waals surface area contributed by atoms with Crippen molar-refractivity contribution >= 4 is 11.4 Å². The lowest BCUT2D eigenvalue weighted by atomic mass is 10.0. The van der Waals surface area contributed by atoms with Gasteiger partial charge in [-0.2, -0.15) is 0 Å². The number of nitrogens with zero attached hydrogens (tertiary/aromatic N) is 1. The van der Waals surface area contributed by atoms with Gasteiger partial charge in [0.05, 0.1) is 6.54 Å². The fourth-order valence-electron chi connectivity index (χ4n) is 2.43. The topological polar surface area (TPSA) is 20.3 Å². The molecule has 0 aliphatic carbocycles. The SMILES string of the molecule is C/C=C(/C)c1ccccc1C.CC.CCCN(CCC)CC(=O)CC. The van der Waals surface area contributed by atoms with Crippen LogP contribution >= 0.6 is 0 Å². The molecule has 0 bridgehead atoms. The van der Waals surface area contributed by atoms with Crippen LogP contribution in [0.1, 0.15) is 78.9 Å². The van der Waals surface area contributed by atoms with Crippen molar-refractivity contribution in [2.24, 2.45) is 0 Å². The van der Waals surface area contributed by atoms with E-state index in [0.717, 1.165) is 25.9 Å². The summed E-state index contributed by atoms with van der Waals surface area (Å²) in [6.07, 6.45) is 5.08. The smallest absolute Gasteiger partial charge is 0.146 e. The first-order valence-electron chi connectivity index (χ1n) is 9.92. The van der Waals surface area contributed by atoms with Crippen LogP contribution in [0.15, 0.2) is 30.3 Å². The molecular weight excluding hydrogens is 306 g/mol. The molecule has 0 fully saturated rings. The van der Waals surface area contributed by atoms with Crippen LogP contribution in [0, 0.1) is 6.92 Å². The maximum Gasteiger partial charge on any atom is 0.146 e. The highest BCUT2D eigenvalue weighted by atomic mass is 16.1. The van der Waals surface area contributed by atoms with Gasteiger partial charge in [0, 0.05) is 6.42 Å². The Hall–Kier alpha value is -1.41. The fourth-order valence-corrected chi connectivity index (χ4v) is 2.43. The molecule has 0 spiro atoms. The van der Waals surface area contributed by atoms with Gasteiger partial charge in [0.1, 0.15) is 5.78 Å². The first-order valence-corrected chi connectivity index (χ1v) is 9.92. The Morgan fingerprint density at radius 3 is 1.96 bits per heavy atom. The minimum absolute atomic E-state index is 0.358. The predicted octanol–water partition coefficient (Wildman–Crippen LogP) is 6.53. The summed E-state index contributed by atoms with van der Waals surface area (Å²) in [5, 5.41) is 0. The van der Waals surface area contributed by atoms with E-state index in [1.54, 1.807) is 0 Å². The molecule has 1 rings (SSSR count). The number of carbonyl (C=O) groups is 1. The van der Waals surface area contributed by atoms with Gasteiger partial charge in [0.2, 0.25) is 0 Å². The van der Waals surface area contributed by atoms with Crippen LogP contribution in [0.5, 0.6) is 0 Å². The second kappa shape index (κ2) is 17.4. The first-order chi connectivity index (χ1) is 12.0. The molecule has 2 heteroatoms. The number of Topliss-reactive ketones (excluding diaryl/α,β-unsaturated/α-hetero) is 1. The van der Waals surface area contributed by atoms with Crippen LogP contribution < -0.4 is 0 Å². The molecule has 0 saturated carbocycles. The van der Waals surface area contributed by atoms with E-state index in [-0.39, 0.29) is 0 Å². The van der Waals surface area contributed by atoms with E-state index < -0.39 is 0 Å². The molecule has 25 heavy (non-hydrogen) atoms.